The summed E-state index contributed by atoms with van der Waals surface area (Å²) in [5.74, 6) is 0.642. The maximum absolute atomic E-state index is 11.8. The third-order valence-corrected chi connectivity index (χ3v) is 2.64. The van der Waals surface area contributed by atoms with Gasteiger partial charge >= 0.3 is 0 Å². The van der Waals surface area contributed by atoms with Crippen LogP contribution in [-0.2, 0) is 4.74 Å². The number of unbranched alkanes of at least 4 members (excludes halogenated alkanes) is 2. The Kier molecular flexibility index (Phi) is 6.87. The first kappa shape index (κ1) is 14.5. The second-order valence-electron chi connectivity index (χ2n) is 4.04. The molecule has 0 unspecified atom stereocenters. The van der Waals surface area contributed by atoms with Crippen molar-refractivity contribution in [2.45, 2.75) is 19.3 Å². The highest BCUT2D eigenvalue weighted by atomic mass is 16.5. The molecule has 0 bridgehead atoms. The van der Waals surface area contributed by atoms with Crippen LogP contribution >= 0.6 is 0 Å². The van der Waals surface area contributed by atoms with E-state index in [4.69, 9.17) is 9.47 Å². The van der Waals surface area contributed by atoms with Crippen molar-refractivity contribution in [3.8, 4) is 5.75 Å². The lowest BCUT2D eigenvalue weighted by Gasteiger charge is -2.06. The van der Waals surface area contributed by atoms with Gasteiger partial charge in [-0.3, -0.25) is 4.79 Å². The van der Waals surface area contributed by atoms with Crippen LogP contribution in [0.2, 0.25) is 0 Å². The van der Waals surface area contributed by atoms with Crippen LogP contribution in [0.4, 0.5) is 0 Å². The number of carbonyl (C=O) groups excluding carboxylic acids is 1. The van der Waals surface area contributed by atoms with E-state index in [1.165, 1.54) is 0 Å². The van der Waals surface area contributed by atoms with Crippen LogP contribution < -0.4 is 10.1 Å². The number of amides is 1. The van der Waals surface area contributed by atoms with E-state index in [2.05, 4.69) is 5.32 Å². The molecule has 0 radical (unpaired) electrons. The van der Waals surface area contributed by atoms with Crippen molar-refractivity contribution in [1.82, 2.24) is 5.32 Å². The summed E-state index contributed by atoms with van der Waals surface area (Å²) < 4.78 is 10.0. The Morgan fingerprint density at radius 2 is 2.06 bits per heavy atom. The second kappa shape index (κ2) is 8.53. The topological polar surface area (TPSA) is 47.6 Å². The quantitative estimate of drug-likeness (QED) is 0.721. The number of hydrogen-bond donors (Lipinski definition) is 1. The van der Waals surface area contributed by atoms with E-state index in [1.54, 1.807) is 26.4 Å². The lowest BCUT2D eigenvalue weighted by Crippen LogP contribution is -2.24. The van der Waals surface area contributed by atoms with Crippen LogP contribution in [0.15, 0.2) is 24.3 Å². The van der Waals surface area contributed by atoms with E-state index in [0.29, 0.717) is 17.9 Å². The molecular weight excluding hydrogens is 230 g/mol. The van der Waals surface area contributed by atoms with Crippen molar-refractivity contribution < 1.29 is 14.3 Å². The van der Waals surface area contributed by atoms with E-state index in [1.807, 2.05) is 12.1 Å². The fourth-order valence-electron chi connectivity index (χ4n) is 1.62. The summed E-state index contributed by atoms with van der Waals surface area (Å²) in [4.78, 5) is 11.8. The Morgan fingerprint density at radius 3 is 2.78 bits per heavy atom. The molecule has 0 fully saturated rings. The monoisotopic (exact) mass is 251 g/mol. The number of rotatable bonds is 8. The van der Waals surface area contributed by atoms with Crippen LogP contribution in [0, 0.1) is 0 Å². The summed E-state index contributed by atoms with van der Waals surface area (Å²) >= 11 is 0. The van der Waals surface area contributed by atoms with Gasteiger partial charge in [-0.1, -0.05) is 6.07 Å². The highest BCUT2D eigenvalue weighted by molar-refractivity contribution is 5.94. The molecule has 0 saturated carbocycles. The van der Waals surface area contributed by atoms with Gasteiger partial charge in [-0.25, -0.2) is 0 Å². The van der Waals surface area contributed by atoms with Gasteiger partial charge in [-0.2, -0.15) is 0 Å². The molecule has 0 aromatic heterocycles. The van der Waals surface area contributed by atoms with Crippen LogP contribution in [0.25, 0.3) is 0 Å². The molecule has 0 heterocycles. The molecule has 4 nitrogen and oxygen atoms in total. The molecule has 0 aliphatic heterocycles. The lowest BCUT2D eigenvalue weighted by molar-refractivity contribution is 0.0952. The molecule has 1 aromatic rings. The van der Waals surface area contributed by atoms with Gasteiger partial charge in [0.2, 0.25) is 0 Å². The number of hydrogen-bond acceptors (Lipinski definition) is 3. The van der Waals surface area contributed by atoms with Gasteiger partial charge < -0.3 is 14.8 Å². The molecule has 18 heavy (non-hydrogen) atoms. The lowest BCUT2D eigenvalue weighted by atomic mass is 10.2. The Bertz CT molecular complexity index is 366. The van der Waals surface area contributed by atoms with E-state index in [-0.39, 0.29) is 5.91 Å². The largest absolute Gasteiger partial charge is 0.497 e. The molecule has 0 aliphatic rings. The third-order valence-electron chi connectivity index (χ3n) is 2.64. The van der Waals surface area contributed by atoms with Gasteiger partial charge in [0.05, 0.1) is 7.11 Å². The molecule has 4 heteroatoms. The molecule has 0 saturated heterocycles. The van der Waals surface area contributed by atoms with Crippen molar-refractivity contribution in [3.63, 3.8) is 0 Å². The summed E-state index contributed by atoms with van der Waals surface area (Å²) in [6, 6.07) is 7.15. The minimum Gasteiger partial charge on any atom is -0.497 e. The Labute approximate surface area is 108 Å². The predicted molar refractivity (Wildman–Crippen MR) is 71.1 cm³/mol. The average Bonchev–Trinajstić information content (AvgIpc) is 2.42. The zero-order valence-electron chi connectivity index (χ0n) is 11.1. The van der Waals surface area contributed by atoms with Crippen molar-refractivity contribution in [3.05, 3.63) is 29.8 Å². The van der Waals surface area contributed by atoms with E-state index >= 15 is 0 Å². The zero-order chi connectivity index (χ0) is 13.2. The first-order chi connectivity index (χ1) is 8.77. The number of nitrogens with one attached hydrogen (secondary N) is 1. The number of carbonyl (C=O) groups is 1. The molecule has 1 N–H and O–H groups in total. The summed E-state index contributed by atoms with van der Waals surface area (Å²) in [5, 5.41) is 2.89. The molecule has 0 spiro atoms. The number of benzene rings is 1. The third kappa shape index (κ3) is 5.19. The van der Waals surface area contributed by atoms with Crippen molar-refractivity contribution >= 4 is 5.91 Å². The van der Waals surface area contributed by atoms with E-state index in [0.717, 1.165) is 25.9 Å². The van der Waals surface area contributed by atoms with Gasteiger partial charge in [-0.15, -0.1) is 0 Å². The fourth-order valence-corrected chi connectivity index (χ4v) is 1.62. The standard InChI is InChI=1S/C14H21NO3/c1-17-10-5-3-4-9-15-14(16)12-7-6-8-13(11-12)18-2/h6-8,11H,3-5,9-10H2,1-2H3,(H,15,16). The summed E-state index contributed by atoms with van der Waals surface area (Å²) in [5.41, 5.74) is 0.631. The van der Waals surface area contributed by atoms with Gasteiger partial charge in [0, 0.05) is 25.8 Å². The zero-order valence-corrected chi connectivity index (χ0v) is 11.1. The second-order valence-corrected chi connectivity index (χ2v) is 4.04. The normalized spacial score (nSPS) is 10.1. The highest BCUT2D eigenvalue weighted by Gasteiger charge is 2.05. The number of ether oxygens (including phenoxy) is 2. The van der Waals surface area contributed by atoms with Gasteiger partial charge in [0.15, 0.2) is 0 Å². The maximum atomic E-state index is 11.8. The molecule has 100 valence electrons. The van der Waals surface area contributed by atoms with Crippen molar-refractivity contribution in [1.29, 1.82) is 0 Å². The summed E-state index contributed by atoms with van der Waals surface area (Å²) in [7, 11) is 3.29. The van der Waals surface area contributed by atoms with E-state index < -0.39 is 0 Å². The first-order valence-electron chi connectivity index (χ1n) is 6.19. The maximum Gasteiger partial charge on any atom is 0.251 e. The average molecular weight is 251 g/mol. The van der Waals surface area contributed by atoms with Crippen LogP contribution in [0.1, 0.15) is 29.6 Å². The van der Waals surface area contributed by atoms with Gasteiger partial charge in [0.25, 0.3) is 5.91 Å². The predicted octanol–water partition coefficient (Wildman–Crippen LogP) is 2.24. The van der Waals surface area contributed by atoms with Crippen LogP contribution in [-0.4, -0.2) is 33.3 Å². The summed E-state index contributed by atoms with van der Waals surface area (Å²) in [6.45, 7) is 1.48. The molecule has 0 atom stereocenters. The minimum absolute atomic E-state index is 0.0550. The molecule has 1 aromatic carbocycles. The Morgan fingerprint density at radius 1 is 1.22 bits per heavy atom. The van der Waals surface area contributed by atoms with Crippen LogP contribution in [0.5, 0.6) is 5.75 Å². The number of methoxy groups -OCH3 is 2. The molecule has 1 amide bonds. The molecule has 1 rings (SSSR count). The van der Waals surface area contributed by atoms with Gasteiger partial charge in [0.1, 0.15) is 5.75 Å². The van der Waals surface area contributed by atoms with Gasteiger partial charge in [-0.05, 0) is 37.5 Å². The van der Waals surface area contributed by atoms with Crippen molar-refractivity contribution in [2.24, 2.45) is 0 Å². The molecular formula is C14H21NO3. The van der Waals surface area contributed by atoms with Crippen molar-refractivity contribution in [2.75, 3.05) is 27.4 Å². The first-order valence-corrected chi connectivity index (χ1v) is 6.19. The van der Waals surface area contributed by atoms with E-state index in [9.17, 15) is 4.79 Å². The smallest absolute Gasteiger partial charge is 0.251 e. The summed E-state index contributed by atoms with van der Waals surface area (Å²) in [6.07, 6.45) is 3.07. The molecule has 0 aliphatic carbocycles. The Balaban J connectivity index is 2.27. The fraction of sp³-hybridized carbons (Fsp3) is 0.500. The highest BCUT2D eigenvalue weighted by Crippen LogP contribution is 2.12. The van der Waals surface area contributed by atoms with Crippen LogP contribution in [0.3, 0.4) is 0 Å². The minimum atomic E-state index is -0.0550. The SMILES string of the molecule is COCCCCCNC(=O)c1cccc(OC)c1. The Hall–Kier alpha value is -1.55.